The molecule has 2 N–H and O–H groups in total. The SMILES string of the molecule is CCOc1cc(C2c3sc(=O)[nH]c3SC3C(=O)N(c4ccccc4C(F)(F)F)C(=O)C32)ccc1O. The molecule has 3 atom stereocenters. The predicted octanol–water partition coefficient (Wildman–Crippen LogP) is 4.36. The first-order valence-corrected chi connectivity index (χ1v) is 12.2. The number of anilines is 1. The van der Waals surface area contributed by atoms with Crippen molar-refractivity contribution in [1.82, 2.24) is 4.98 Å². The van der Waals surface area contributed by atoms with Crippen molar-refractivity contribution in [2.24, 2.45) is 5.92 Å². The van der Waals surface area contributed by atoms with Crippen LogP contribution in [0.4, 0.5) is 18.9 Å². The van der Waals surface area contributed by atoms with Crippen molar-refractivity contribution < 1.29 is 32.6 Å². The number of carbonyl (C=O) groups excluding carboxylic acids is 2. The number of alkyl halides is 3. The van der Waals surface area contributed by atoms with E-state index >= 15 is 0 Å². The molecule has 12 heteroatoms. The molecule has 2 aromatic carbocycles. The van der Waals surface area contributed by atoms with E-state index in [9.17, 15) is 32.7 Å². The van der Waals surface area contributed by atoms with E-state index in [1.54, 1.807) is 13.0 Å². The molecule has 0 aliphatic carbocycles. The van der Waals surface area contributed by atoms with Gasteiger partial charge in [0.2, 0.25) is 11.8 Å². The first-order chi connectivity index (χ1) is 16.6. The third-order valence-corrected chi connectivity index (χ3v) is 8.32. The van der Waals surface area contributed by atoms with Gasteiger partial charge in [-0.3, -0.25) is 14.4 Å². The number of amides is 2. The van der Waals surface area contributed by atoms with Gasteiger partial charge in [0.15, 0.2) is 11.5 Å². The number of benzene rings is 2. The van der Waals surface area contributed by atoms with Gasteiger partial charge in [0, 0.05) is 10.8 Å². The quantitative estimate of drug-likeness (QED) is 0.494. The van der Waals surface area contributed by atoms with Crippen LogP contribution in [0.1, 0.15) is 28.8 Å². The number of hydrogen-bond donors (Lipinski definition) is 2. The molecular formula is C23H17F3N2O5S2. The Hall–Kier alpha value is -3.25. The molecule has 2 amide bonds. The lowest BCUT2D eigenvalue weighted by Gasteiger charge is -2.30. The van der Waals surface area contributed by atoms with Crippen LogP contribution in [0.5, 0.6) is 11.5 Å². The van der Waals surface area contributed by atoms with Gasteiger partial charge in [-0.05, 0) is 36.8 Å². The van der Waals surface area contributed by atoms with Gasteiger partial charge >= 0.3 is 11.0 Å². The average molecular weight is 523 g/mol. The number of H-pyrrole nitrogens is 1. The first kappa shape index (κ1) is 23.5. The molecule has 1 saturated heterocycles. The normalized spacial score (nSPS) is 21.7. The van der Waals surface area contributed by atoms with E-state index in [0.717, 1.165) is 35.2 Å². The lowest BCUT2D eigenvalue weighted by Crippen LogP contribution is -2.33. The number of fused-ring (bicyclic) bond motifs is 2. The fraction of sp³-hybridized carbons (Fsp3) is 0.261. The van der Waals surface area contributed by atoms with Crippen molar-refractivity contribution in [1.29, 1.82) is 0 Å². The Balaban J connectivity index is 1.66. The first-order valence-electron chi connectivity index (χ1n) is 10.5. The van der Waals surface area contributed by atoms with Gasteiger partial charge in [0.05, 0.1) is 28.8 Å². The highest BCUT2D eigenvalue weighted by Crippen LogP contribution is 2.54. The summed E-state index contributed by atoms with van der Waals surface area (Å²) in [4.78, 5) is 42.6. The number of halogens is 3. The summed E-state index contributed by atoms with van der Waals surface area (Å²) >= 11 is 1.84. The van der Waals surface area contributed by atoms with Crippen LogP contribution in [0.3, 0.4) is 0 Å². The standard InChI is InChI=1S/C23H17F3N2O5S2/c1-2-33-14-9-10(7-8-13(14)29)15-16-18(34-19-17(15)35-22(32)27-19)21(31)28(20(16)30)12-6-4-3-5-11(12)23(24,25)26/h3-9,15-16,18,29H,2H2,1H3,(H,27,32). The molecule has 0 spiro atoms. The minimum atomic E-state index is -4.77. The zero-order valence-corrected chi connectivity index (χ0v) is 19.6. The van der Waals surface area contributed by atoms with Crippen molar-refractivity contribution >= 4 is 40.6 Å². The molecule has 3 heterocycles. The minimum absolute atomic E-state index is 0.130. The summed E-state index contributed by atoms with van der Waals surface area (Å²) in [6.07, 6.45) is -4.77. The topological polar surface area (TPSA) is 99.7 Å². The van der Waals surface area contributed by atoms with E-state index in [4.69, 9.17) is 4.74 Å². The Morgan fingerprint density at radius 3 is 2.57 bits per heavy atom. The molecule has 1 fully saturated rings. The van der Waals surface area contributed by atoms with Gasteiger partial charge in [0.1, 0.15) is 5.25 Å². The van der Waals surface area contributed by atoms with Crippen LogP contribution in [-0.4, -0.2) is 33.8 Å². The van der Waals surface area contributed by atoms with Gasteiger partial charge in [-0.15, -0.1) is 0 Å². The average Bonchev–Trinajstić information content (AvgIpc) is 3.29. The largest absolute Gasteiger partial charge is 0.504 e. The number of aromatic amines is 1. The number of phenols is 1. The number of thiazole rings is 1. The lowest BCUT2D eigenvalue weighted by molar-refractivity contribution is -0.137. The zero-order valence-electron chi connectivity index (χ0n) is 18.0. The Morgan fingerprint density at radius 2 is 1.86 bits per heavy atom. The van der Waals surface area contributed by atoms with Gasteiger partial charge < -0.3 is 14.8 Å². The van der Waals surface area contributed by atoms with Crippen molar-refractivity contribution in [2.75, 3.05) is 11.5 Å². The summed E-state index contributed by atoms with van der Waals surface area (Å²) in [6, 6.07) is 8.90. The number of ether oxygens (including phenoxy) is 1. The maximum absolute atomic E-state index is 13.7. The van der Waals surface area contributed by atoms with Gasteiger partial charge in [-0.25, -0.2) is 4.90 Å². The van der Waals surface area contributed by atoms with Crippen LogP contribution in [0.25, 0.3) is 0 Å². The number of para-hydroxylation sites is 1. The second-order valence-electron chi connectivity index (χ2n) is 7.94. The van der Waals surface area contributed by atoms with E-state index in [1.807, 2.05) is 0 Å². The Kier molecular flexibility index (Phi) is 5.67. The maximum atomic E-state index is 13.7. The van der Waals surface area contributed by atoms with Crippen LogP contribution < -0.4 is 14.5 Å². The maximum Gasteiger partial charge on any atom is 0.418 e. The molecule has 0 bridgehead atoms. The summed E-state index contributed by atoms with van der Waals surface area (Å²) in [6.45, 7) is 1.98. The van der Waals surface area contributed by atoms with E-state index in [-0.39, 0.29) is 23.0 Å². The van der Waals surface area contributed by atoms with E-state index in [0.29, 0.717) is 20.4 Å². The van der Waals surface area contributed by atoms with E-state index in [1.165, 1.54) is 24.3 Å². The number of hydrogen-bond acceptors (Lipinski definition) is 7. The second-order valence-corrected chi connectivity index (χ2v) is 10.1. The molecule has 2 aliphatic heterocycles. The van der Waals surface area contributed by atoms with Crippen LogP contribution in [0.2, 0.25) is 0 Å². The summed E-state index contributed by atoms with van der Waals surface area (Å²) in [7, 11) is 0. The number of imide groups is 1. The van der Waals surface area contributed by atoms with E-state index in [2.05, 4.69) is 4.98 Å². The molecule has 5 rings (SSSR count). The third kappa shape index (κ3) is 3.80. The van der Waals surface area contributed by atoms with Crippen molar-refractivity contribution in [3.8, 4) is 11.5 Å². The number of phenolic OH excluding ortho intramolecular Hbond substituents is 1. The number of nitrogens with zero attached hydrogens (tertiary/aromatic N) is 1. The second kappa shape index (κ2) is 8.45. The molecular weight excluding hydrogens is 505 g/mol. The molecule has 1 aromatic heterocycles. The summed E-state index contributed by atoms with van der Waals surface area (Å²) < 4.78 is 46.6. The molecule has 35 heavy (non-hydrogen) atoms. The number of aromatic nitrogens is 1. The zero-order chi connectivity index (χ0) is 25.1. The monoisotopic (exact) mass is 522 g/mol. The van der Waals surface area contributed by atoms with Crippen LogP contribution in [0.15, 0.2) is 52.3 Å². The van der Waals surface area contributed by atoms with E-state index < -0.39 is 46.3 Å². The molecule has 0 saturated carbocycles. The van der Waals surface area contributed by atoms with Crippen molar-refractivity contribution in [3.63, 3.8) is 0 Å². The van der Waals surface area contributed by atoms with Crippen LogP contribution in [-0.2, 0) is 15.8 Å². The number of aromatic hydroxyl groups is 1. The number of rotatable bonds is 4. The number of nitrogens with one attached hydrogen (secondary N) is 1. The Labute approximate surface area is 204 Å². The molecule has 3 aromatic rings. The summed E-state index contributed by atoms with van der Waals surface area (Å²) in [5, 5.41) is 9.47. The van der Waals surface area contributed by atoms with Crippen LogP contribution in [0, 0.1) is 5.92 Å². The number of carbonyl (C=O) groups is 2. The summed E-state index contributed by atoms with van der Waals surface area (Å²) in [5.74, 6) is -3.42. The Morgan fingerprint density at radius 1 is 1.11 bits per heavy atom. The highest BCUT2D eigenvalue weighted by Gasteiger charge is 2.57. The molecule has 7 nitrogen and oxygen atoms in total. The molecule has 182 valence electrons. The van der Waals surface area contributed by atoms with Gasteiger partial charge in [-0.1, -0.05) is 41.3 Å². The van der Waals surface area contributed by atoms with Gasteiger partial charge in [0.25, 0.3) is 0 Å². The fourth-order valence-corrected chi connectivity index (χ4v) is 7.03. The Bertz CT molecular complexity index is 1400. The minimum Gasteiger partial charge on any atom is -0.504 e. The lowest BCUT2D eigenvalue weighted by atomic mass is 9.83. The molecule has 0 radical (unpaired) electrons. The highest BCUT2D eigenvalue weighted by atomic mass is 32.2. The predicted molar refractivity (Wildman–Crippen MR) is 123 cm³/mol. The van der Waals surface area contributed by atoms with Crippen molar-refractivity contribution in [3.05, 3.63) is 68.1 Å². The van der Waals surface area contributed by atoms with Gasteiger partial charge in [-0.2, -0.15) is 13.2 Å². The molecule has 3 unspecified atom stereocenters. The molecule has 2 aliphatic rings. The smallest absolute Gasteiger partial charge is 0.418 e. The van der Waals surface area contributed by atoms with Crippen LogP contribution >= 0.6 is 23.1 Å². The highest BCUT2D eigenvalue weighted by molar-refractivity contribution is 8.00. The fourth-order valence-electron chi connectivity index (χ4n) is 4.52. The third-order valence-electron chi connectivity index (χ3n) is 5.92. The van der Waals surface area contributed by atoms with Crippen molar-refractivity contribution in [2.45, 2.75) is 29.3 Å². The summed E-state index contributed by atoms with van der Waals surface area (Å²) in [5.41, 5.74) is -1.13. The number of thioether (sulfide) groups is 1.